The van der Waals surface area contributed by atoms with E-state index in [-0.39, 0.29) is 10.6 Å². The minimum Gasteiger partial charge on any atom is -0.383 e. The van der Waals surface area contributed by atoms with Crippen molar-refractivity contribution in [2.24, 2.45) is 0 Å². The molecule has 0 heterocycles. The summed E-state index contributed by atoms with van der Waals surface area (Å²) in [4.78, 5) is 12.9. The third-order valence-electron chi connectivity index (χ3n) is 3.42. The first-order chi connectivity index (χ1) is 8.99. The molecule has 1 rings (SSSR count). The zero-order valence-electron chi connectivity index (χ0n) is 12.1. The van der Waals surface area contributed by atoms with Crippen LogP contribution in [0.25, 0.3) is 0 Å². The quantitative estimate of drug-likeness (QED) is 0.607. The molecule has 106 valence electrons. The second-order valence-corrected chi connectivity index (χ2v) is 4.91. The molecular weight excluding hydrogens is 242 g/mol. The lowest BCUT2D eigenvalue weighted by Crippen LogP contribution is -2.28. The molecule has 0 aromatic heterocycles. The van der Waals surface area contributed by atoms with E-state index in [1.807, 2.05) is 6.07 Å². The van der Waals surface area contributed by atoms with Gasteiger partial charge in [0.05, 0.1) is 4.92 Å². The van der Waals surface area contributed by atoms with Crippen LogP contribution in [0.3, 0.4) is 0 Å². The molecule has 0 saturated heterocycles. The first-order valence-corrected chi connectivity index (χ1v) is 6.64. The lowest BCUT2D eigenvalue weighted by molar-refractivity contribution is -0.384. The molecule has 1 atom stereocenters. The highest BCUT2D eigenvalue weighted by molar-refractivity contribution is 5.62. The predicted octanol–water partition coefficient (Wildman–Crippen LogP) is 3.26. The molecule has 0 aliphatic heterocycles. The van der Waals surface area contributed by atoms with Crippen molar-refractivity contribution in [1.82, 2.24) is 4.90 Å². The van der Waals surface area contributed by atoms with E-state index < -0.39 is 0 Å². The summed E-state index contributed by atoms with van der Waals surface area (Å²) in [5.74, 6) is 0. The molecule has 0 fully saturated rings. The number of nitrogens with one attached hydrogen (secondary N) is 1. The van der Waals surface area contributed by atoms with Crippen LogP contribution in [0.2, 0.25) is 0 Å². The molecule has 19 heavy (non-hydrogen) atoms. The number of benzene rings is 1. The fourth-order valence-corrected chi connectivity index (χ4v) is 2.12. The van der Waals surface area contributed by atoms with E-state index in [1.165, 1.54) is 0 Å². The number of nitro groups is 1. The molecular formula is C14H23N3O2. The Balaban J connectivity index is 2.85. The van der Waals surface area contributed by atoms with E-state index >= 15 is 0 Å². The van der Waals surface area contributed by atoms with Crippen molar-refractivity contribution in [3.05, 3.63) is 33.9 Å². The van der Waals surface area contributed by atoms with E-state index in [9.17, 15) is 10.1 Å². The van der Waals surface area contributed by atoms with Gasteiger partial charge >= 0.3 is 0 Å². The summed E-state index contributed by atoms with van der Waals surface area (Å²) < 4.78 is 0. The third kappa shape index (κ3) is 4.21. The molecule has 5 heteroatoms. The monoisotopic (exact) mass is 265 g/mol. The van der Waals surface area contributed by atoms with Gasteiger partial charge in [0.15, 0.2) is 0 Å². The highest BCUT2D eigenvalue weighted by atomic mass is 16.6. The van der Waals surface area contributed by atoms with Crippen molar-refractivity contribution in [1.29, 1.82) is 0 Å². The first kappa shape index (κ1) is 15.4. The molecule has 5 nitrogen and oxygen atoms in total. The maximum Gasteiger partial charge on any atom is 0.292 e. The topological polar surface area (TPSA) is 58.4 Å². The number of anilines is 1. The number of nitro benzene ring substituents is 1. The molecule has 1 aromatic carbocycles. The molecule has 0 radical (unpaired) electrons. The highest BCUT2D eigenvalue weighted by Crippen LogP contribution is 2.25. The molecule has 1 N–H and O–H groups in total. The molecule has 0 amide bonds. The summed E-state index contributed by atoms with van der Waals surface area (Å²) >= 11 is 0. The average molecular weight is 265 g/mol. The van der Waals surface area contributed by atoms with Gasteiger partial charge in [-0.3, -0.25) is 15.0 Å². The summed E-state index contributed by atoms with van der Waals surface area (Å²) in [6.07, 6.45) is 2.28. The third-order valence-corrected chi connectivity index (χ3v) is 3.42. The van der Waals surface area contributed by atoms with Crippen LogP contribution in [-0.4, -0.2) is 30.0 Å². The van der Waals surface area contributed by atoms with Gasteiger partial charge in [0, 0.05) is 25.7 Å². The van der Waals surface area contributed by atoms with Crippen molar-refractivity contribution in [3.63, 3.8) is 0 Å². The van der Waals surface area contributed by atoms with Crippen LogP contribution < -0.4 is 5.32 Å². The van der Waals surface area contributed by atoms with E-state index in [0.29, 0.717) is 11.7 Å². The number of nitrogens with zero attached hydrogens (tertiary/aromatic N) is 2. The average Bonchev–Trinajstić information content (AvgIpc) is 2.38. The van der Waals surface area contributed by atoms with Gasteiger partial charge in [0.2, 0.25) is 0 Å². The standard InChI is InChI=1S/C14H23N3O2/c1-5-6-11(2)16(4)10-12-7-8-13(15-3)14(9-12)17(18)19/h7-9,11,15H,5-6,10H2,1-4H3. The summed E-state index contributed by atoms with van der Waals surface area (Å²) in [7, 11) is 3.75. The predicted molar refractivity (Wildman–Crippen MR) is 78.5 cm³/mol. The zero-order valence-corrected chi connectivity index (χ0v) is 12.1. The summed E-state index contributed by atoms with van der Waals surface area (Å²) in [6, 6.07) is 5.84. The lowest BCUT2D eigenvalue weighted by atomic mass is 10.1. The van der Waals surface area contributed by atoms with Crippen LogP contribution in [0.4, 0.5) is 11.4 Å². The van der Waals surface area contributed by atoms with Crippen molar-refractivity contribution in [3.8, 4) is 0 Å². The summed E-state index contributed by atoms with van der Waals surface area (Å²) in [6.45, 7) is 5.07. The highest BCUT2D eigenvalue weighted by Gasteiger charge is 2.15. The maximum absolute atomic E-state index is 11.0. The molecule has 0 aliphatic carbocycles. The molecule has 0 spiro atoms. The van der Waals surface area contributed by atoms with E-state index in [0.717, 1.165) is 24.9 Å². The molecule has 0 saturated carbocycles. The Morgan fingerprint density at radius 3 is 2.68 bits per heavy atom. The van der Waals surface area contributed by atoms with Gasteiger partial charge in [-0.05, 0) is 32.0 Å². The van der Waals surface area contributed by atoms with E-state index in [1.54, 1.807) is 19.2 Å². The van der Waals surface area contributed by atoms with Gasteiger partial charge in [-0.2, -0.15) is 0 Å². The van der Waals surface area contributed by atoms with Gasteiger partial charge in [-0.25, -0.2) is 0 Å². The number of hydrogen-bond acceptors (Lipinski definition) is 4. The molecule has 0 aliphatic rings. The Morgan fingerprint density at radius 2 is 2.16 bits per heavy atom. The van der Waals surface area contributed by atoms with Crippen LogP contribution in [0, 0.1) is 10.1 Å². The lowest BCUT2D eigenvalue weighted by Gasteiger charge is -2.24. The molecule has 1 unspecified atom stereocenters. The normalized spacial score (nSPS) is 12.5. The Morgan fingerprint density at radius 1 is 1.47 bits per heavy atom. The van der Waals surface area contributed by atoms with Crippen molar-refractivity contribution >= 4 is 11.4 Å². The number of hydrogen-bond donors (Lipinski definition) is 1. The fourth-order valence-electron chi connectivity index (χ4n) is 2.12. The van der Waals surface area contributed by atoms with Gasteiger partial charge in [0.25, 0.3) is 5.69 Å². The van der Waals surface area contributed by atoms with Crippen LogP contribution in [0.1, 0.15) is 32.3 Å². The fraction of sp³-hybridized carbons (Fsp3) is 0.571. The van der Waals surface area contributed by atoms with Crippen molar-refractivity contribution < 1.29 is 4.92 Å². The first-order valence-electron chi connectivity index (χ1n) is 6.64. The zero-order chi connectivity index (χ0) is 14.4. The van der Waals surface area contributed by atoms with Crippen LogP contribution >= 0.6 is 0 Å². The maximum atomic E-state index is 11.0. The van der Waals surface area contributed by atoms with E-state index in [4.69, 9.17) is 0 Å². The molecule has 1 aromatic rings. The second kappa shape index (κ2) is 7.09. The second-order valence-electron chi connectivity index (χ2n) is 4.91. The van der Waals surface area contributed by atoms with Crippen molar-refractivity contribution in [2.75, 3.05) is 19.4 Å². The van der Waals surface area contributed by atoms with Gasteiger partial charge in [-0.1, -0.05) is 19.4 Å². The van der Waals surface area contributed by atoms with Crippen LogP contribution in [-0.2, 0) is 6.54 Å². The van der Waals surface area contributed by atoms with Gasteiger partial charge in [0.1, 0.15) is 5.69 Å². The van der Waals surface area contributed by atoms with Gasteiger partial charge < -0.3 is 5.32 Å². The largest absolute Gasteiger partial charge is 0.383 e. The summed E-state index contributed by atoms with van der Waals surface area (Å²) in [5, 5.41) is 13.9. The number of rotatable bonds is 7. The SMILES string of the molecule is CCCC(C)N(C)Cc1ccc(NC)c([N+](=O)[O-])c1. The Kier molecular flexibility index (Phi) is 5.76. The smallest absolute Gasteiger partial charge is 0.292 e. The Hall–Kier alpha value is -1.62. The Labute approximate surface area is 114 Å². The minimum absolute atomic E-state index is 0.136. The van der Waals surface area contributed by atoms with Crippen LogP contribution in [0.15, 0.2) is 18.2 Å². The van der Waals surface area contributed by atoms with E-state index in [2.05, 4.69) is 31.1 Å². The minimum atomic E-state index is -0.342. The van der Waals surface area contributed by atoms with Crippen LogP contribution in [0.5, 0.6) is 0 Å². The Bertz CT molecular complexity index is 435. The summed E-state index contributed by atoms with van der Waals surface area (Å²) in [5.41, 5.74) is 1.66. The van der Waals surface area contributed by atoms with Gasteiger partial charge in [-0.15, -0.1) is 0 Å². The van der Waals surface area contributed by atoms with Crippen molar-refractivity contribution in [2.45, 2.75) is 39.3 Å². The molecule has 0 bridgehead atoms.